The zero-order valence-corrected chi connectivity index (χ0v) is 10.9. The fraction of sp³-hybridized carbons (Fsp3) is 0.636. The minimum Gasteiger partial charge on any atom is -0.464 e. The van der Waals surface area contributed by atoms with Gasteiger partial charge in [-0.3, -0.25) is 0 Å². The highest BCUT2D eigenvalue weighted by molar-refractivity contribution is 7.89. The van der Waals surface area contributed by atoms with Gasteiger partial charge < -0.3 is 10.2 Å². The van der Waals surface area contributed by atoms with Crippen LogP contribution in [-0.2, 0) is 16.6 Å². The number of furan rings is 1. The van der Waals surface area contributed by atoms with E-state index in [4.69, 9.17) is 10.2 Å². The summed E-state index contributed by atoms with van der Waals surface area (Å²) in [4.78, 5) is 0.208. The molecule has 2 unspecified atom stereocenters. The maximum absolute atomic E-state index is 12.1. The van der Waals surface area contributed by atoms with Crippen LogP contribution in [0.3, 0.4) is 0 Å². The van der Waals surface area contributed by atoms with Crippen LogP contribution in [0, 0.1) is 12.8 Å². The van der Waals surface area contributed by atoms with Gasteiger partial charge >= 0.3 is 0 Å². The molecule has 1 heterocycles. The Morgan fingerprint density at radius 2 is 2.29 bits per heavy atom. The quantitative estimate of drug-likeness (QED) is 0.829. The van der Waals surface area contributed by atoms with E-state index in [2.05, 4.69) is 11.6 Å². The largest absolute Gasteiger partial charge is 0.464 e. The van der Waals surface area contributed by atoms with E-state index in [1.807, 2.05) is 0 Å². The van der Waals surface area contributed by atoms with Crippen molar-refractivity contribution in [2.75, 3.05) is 0 Å². The minimum atomic E-state index is -3.46. The molecule has 0 amide bonds. The molecule has 1 saturated carbocycles. The Balaban J connectivity index is 2.17. The van der Waals surface area contributed by atoms with Crippen LogP contribution in [0.4, 0.5) is 0 Å². The second-order valence-electron chi connectivity index (χ2n) is 4.47. The van der Waals surface area contributed by atoms with Crippen molar-refractivity contribution in [3.05, 3.63) is 17.6 Å². The van der Waals surface area contributed by atoms with E-state index in [0.717, 1.165) is 12.8 Å². The Bertz CT molecular complexity index is 507. The number of hydrogen-bond acceptors (Lipinski definition) is 4. The first kappa shape index (κ1) is 12.6. The molecule has 0 bridgehead atoms. The van der Waals surface area contributed by atoms with E-state index in [0.29, 0.717) is 17.4 Å². The topological polar surface area (TPSA) is 85.3 Å². The summed E-state index contributed by atoms with van der Waals surface area (Å²) in [6, 6.07) is 1.58. The van der Waals surface area contributed by atoms with Crippen LogP contribution in [0.25, 0.3) is 0 Å². The number of rotatable bonds is 5. The molecular weight excluding hydrogens is 240 g/mol. The molecule has 1 aliphatic carbocycles. The van der Waals surface area contributed by atoms with Crippen LogP contribution >= 0.6 is 0 Å². The highest BCUT2D eigenvalue weighted by Crippen LogP contribution is 2.34. The average molecular weight is 258 g/mol. The SMILES string of the molecule is CCC1CC1NS(=O)(=O)c1cc(CN)oc1C. The Morgan fingerprint density at radius 3 is 2.76 bits per heavy atom. The first-order valence-corrected chi connectivity index (χ1v) is 7.28. The van der Waals surface area contributed by atoms with E-state index in [9.17, 15) is 8.42 Å². The van der Waals surface area contributed by atoms with Crippen molar-refractivity contribution in [2.24, 2.45) is 11.7 Å². The third-order valence-electron chi connectivity index (χ3n) is 3.17. The van der Waals surface area contributed by atoms with Gasteiger partial charge in [0.15, 0.2) is 0 Å². The number of hydrogen-bond donors (Lipinski definition) is 2. The van der Waals surface area contributed by atoms with Crippen LogP contribution in [0.2, 0.25) is 0 Å². The molecule has 1 fully saturated rings. The van der Waals surface area contributed by atoms with Gasteiger partial charge in [-0.1, -0.05) is 13.3 Å². The zero-order chi connectivity index (χ0) is 12.6. The second-order valence-corrected chi connectivity index (χ2v) is 6.15. The summed E-state index contributed by atoms with van der Waals surface area (Å²) < 4.78 is 32.1. The number of aryl methyl sites for hydroxylation is 1. The van der Waals surface area contributed by atoms with Crippen molar-refractivity contribution in [2.45, 2.75) is 44.2 Å². The van der Waals surface area contributed by atoms with Crippen LogP contribution in [-0.4, -0.2) is 14.5 Å². The van der Waals surface area contributed by atoms with Gasteiger partial charge in [0.25, 0.3) is 0 Å². The van der Waals surface area contributed by atoms with Gasteiger partial charge in [0, 0.05) is 12.1 Å². The molecule has 1 aliphatic rings. The summed E-state index contributed by atoms with van der Waals surface area (Å²) in [7, 11) is -3.46. The average Bonchev–Trinajstić information content (AvgIpc) is 2.88. The van der Waals surface area contributed by atoms with E-state index in [1.165, 1.54) is 6.07 Å². The maximum Gasteiger partial charge on any atom is 0.244 e. The second kappa shape index (κ2) is 4.44. The van der Waals surface area contributed by atoms with E-state index in [-0.39, 0.29) is 17.5 Å². The standard InChI is InChI=1S/C11H18N2O3S/c1-3-8-4-10(8)13-17(14,15)11-5-9(6-12)16-7(11)2/h5,8,10,13H,3-4,6,12H2,1-2H3. The van der Waals surface area contributed by atoms with Gasteiger partial charge in [-0.2, -0.15) is 0 Å². The monoisotopic (exact) mass is 258 g/mol. The lowest BCUT2D eigenvalue weighted by molar-refractivity contribution is 0.478. The van der Waals surface area contributed by atoms with Gasteiger partial charge in [0.1, 0.15) is 16.4 Å². The maximum atomic E-state index is 12.1. The smallest absolute Gasteiger partial charge is 0.244 e. The summed E-state index contributed by atoms with van der Waals surface area (Å²) in [5, 5.41) is 0. The first-order chi connectivity index (χ1) is 7.97. The summed E-state index contributed by atoms with van der Waals surface area (Å²) in [5.74, 6) is 1.36. The van der Waals surface area contributed by atoms with Crippen LogP contribution in [0.5, 0.6) is 0 Å². The molecule has 0 aliphatic heterocycles. The van der Waals surface area contributed by atoms with Crippen molar-refractivity contribution in [1.29, 1.82) is 0 Å². The summed E-state index contributed by atoms with van der Waals surface area (Å²) >= 11 is 0. The van der Waals surface area contributed by atoms with Crippen molar-refractivity contribution < 1.29 is 12.8 Å². The Kier molecular flexibility index (Phi) is 3.29. The molecule has 96 valence electrons. The molecule has 0 saturated heterocycles. The molecular formula is C11H18N2O3S. The number of sulfonamides is 1. The third kappa shape index (κ3) is 2.53. The van der Waals surface area contributed by atoms with Crippen LogP contribution < -0.4 is 10.5 Å². The van der Waals surface area contributed by atoms with Crippen molar-refractivity contribution in [3.8, 4) is 0 Å². The molecule has 17 heavy (non-hydrogen) atoms. The number of nitrogens with two attached hydrogens (primary N) is 1. The fourth-order valence-corrected chi connectivity index (χ4v) is 3.52. The van der Waals surface area contributed by atoms with Crippen molar-refractivity contribution in [3.63, 3.8) is 0 Å². The molecule has 0 spiro atoms. The van der Waals surface area contributed by atoms with E-state index < -0.39 is 10.0 Å². The van der Waals surface area contributed by atoms with Gasteiger partial charge in [-0.05, 0) is 19.3 Å². The molecule has 6 heteroatoms. The molecule has 2 atom stereocenters. The van der Waals surface area contributed by atoms with Crippen molar-refractivity contribution in [1.82, 2.24) is 4.72 Å². The lowest BCUT2D eigenvalue weighted by Gasteiger charge is -2.04. The van der Waals surface area contributed by atoms with E-state index in [1.54, 1.807) is 6.92 Å². The molecule has 2 rings (SSSR count). The minimum absolute atomic E-state index is 0.0839. The third-order valence-corrected chi connectivity index (χ3v) is 4.76. The molecule has 3 N–H and O–H groups in total. The van der Waals surface area contributed by atoms with Gasteiger partial charge in [-0.25, -0.2) is 13.1 Å². The van der Waals surface area contributed by atoms with Crippen LogP contribution in [0.15, 0.2) is 15.4 Å². The van der Waals surface area contributed by atoms with Gasteiger partial charge in [-0.15, -0.1) is 0 Å². The summed E-state index contributed by atoms with van der Waals surface area (Å²) in [5.41, 5.74) is 5.42. The first-order valence-electron chi connectivity index (χ1n) is 5.79. The van der Waals surface area contributed by atoms with Crippen LogP contribution in [0.1, 0.15) is 31.3 Å². The zero-order valence-electron chi connectivity index (χ0n) is 10.1. The highest BCUT2D eigenvalue weighted by Gasteiger charge is 2.39. The summed E-state index contributed by atoms with van der Waals surface area (Å²) in [6.07, 6.45) is 1.93. The summed E-state index contributed by atoms with van der Waals surface area (Å²) in [6.45, 7) is 3.91. The van der Waals surface area contributed by atoms with Crippen molar-refractivity contribution >= 4 is 10.0 Å². The predicted molar refractivity (Wildman–Crippen MR) is 63.8 cm³/mol. The highest BCUT2D eigenvalue weighted by atomic mass is 32.2. The molecule has 1 aromatic rings. The normalized spacial score (nSPS) is 23.9. The van der Waals surface area contributed by atoms with E-state index >= 15 is 0 Å². The fourth-order valence-electron chi connectivity index (χ4n) is 2.00. The molecule has 0 aromatic carbocycles. The lowest BCUT2D eigenvalue weighted by Crippen LogP contribution is -2.27. The van der Waals surface area contributed by atoms with Gasteiger partial charge in [0.2, 0.25) is 10.0 Å². The molecule has 5 nitrogen and oxygen atoms in total. The molecule has 1 aromatic heterocycles. The lowest BCUT2D eigenvalue weighted by atomic mass is 10.3. The molecule has 0 radical (unpaired) electrons. The Hall–Kier alpha value is -0.850. The Morgan fingerprint density at radius 1 is 1.59 bits per heavy atom. The van der Waals surface area contributed by atoms with Gasteiger partial charge in [0.05, 0.1) is 6.54 Å². The predicted octanol–water partition coefficient (Wildman–Crippen LogP) is 1.12. The Labute approximate surface area is 101 Å². The number of nitrogens with one attached hydrogen (secondary N) is 1.